The number of benzene rings is 1. The van der Waals surface area contributed by atoms with E-state index in [-0.39, 0.29) is 22.9 Å². The second-order valence-corrected chi connectivity index (χ2v) is 9.38. The number of nitrogens with zero attached hydrogens (tertiary/aromatic N) is 1. The summed E-state index contributed by atoms with van der Waals surface area (Å²) in [4.78, 5) is 15.1. The minimum absolute atomic E-state index is 0.0244. The summed E-state index contributed by atoms with van der Waals surface area (Å²) in [6, 6.07) is 6.50. The van der Waals surface area contributed by atoms with Gasteiger partial charge in [0.15, 0.2) is 9.84 Å². The molecule has 0 bridgehead atoms. The summed E-state index contributed by atoms with van der Waals surface area (Å²) >= 11 is 0. The first kappa shape index (κ1) is 17.4. The van der Waals surface area contributed by atoms with E-state index in [9.17, 15) is 13.2 Å². The molecule has 1 heterocycles. The van der Waals surface area contributed by atoms with E-state index in [1.165, 1.54) is 0 Å². The highest BCUT2D eigenvalue weighted by molar-refractivity contribution is 7.92. The molecule has 1 saturated carbocycles. The molecular formula is C18H25NO4S. The lowest BCUT2D eigenvalue weighted by Crippen LogP contribution is -2.54. The van der Waals surface area contributed by atoms with Crippen LogP contribution >= 0.6 is 0 Å². The molecule has 2 unspecified atom stereocenters. The Labute approximate surface area is 143 Å². The molecule has 1 amide bonds. The van der Waals surface area contributed by atoms with Crippen molar-refractivity contribution in [2.24, 2.45) is 0 Å². The number of fused-ring (bicyclic) bond motifs is 1. The predicted octanol–water partition coefficient (Wildman–Crippen LogP) is 2.65. The molecule has 2 fully saturated rings. The van der Waals surface area contributed by atoms with Crippen molar-refractivity contribution in [3.05, 3.63) is 29.8 Å². The minimum Gasteiger partial charge on any atom is -0.374 e. The van der Waals surface area contributed by atoms with Gasteiger partial charge in [0.1, 0.15) is 0 Å². The molecule has 5 nitrogen and oxygen atoms in total. The van der Waals surface area contributed by atoms with Crippen LogP contribution < -0.4 is 0 Å². The summed E-state index contributed by atoms with van der Waals surface area (Å²) < 4.78 is 30.2. The van der Waals surface area contributed by atoms with Crippen molar-refractivity contribution in [2.75, 3.05) is 13.2 Å². The Balaban J connectivity index is 1.80. The van der Waals surface area contributed by atoms with Crippen LogP contribution in [0.25, 0.3) is 0 Å². The molecule has 1 aromatic rings. The van der Waals surface area contributed by atoms with E-state index in [1.54, 1.807) is 38.1 Å². The third kappa shape index (κ3) is 3.22. The van der Waals surface area contributed by atoms with E-state index >= 15 is 0 Å². The third-order valence-corrected chi connectivity index (χ3v) is 7.21. The second-order valence-electron chi connectivity index (χ2n) is 6.88. The second kappa shape index (κ2) is 6.84. The van der Waals surface area contributed by atoms with Gasteiger partial charge in [-0.1, -0.05) is 12.8 Å². The van der Waals surface area contributed by atoms with Crippen LogP contribution in [0.15, 0.2) is 29.2 Å². The monoisotopic (exact) mass is 351 g/mol. The predicted molar refractivity (Wildman–Crippen MR) is 91.8 cm³/mol. The van der Waals surface area contributed by atoms with E-state index < -0.39 is 15.1 Å². The molecular weight excluding hydrogens is 326 g/mol. The van der Waals surface area contributed by atoms with Crippen LogP contribution in [0.3, 0.4) is 0 Å². The molecule has 1 aliphatic carbocycles. The summed E-state index contributed by atoms with van der Waals surface area (Å²) in [7, 11) is -3.31. The lowest BCUT2D eigenvalue weighted by molar-refractivity contribution is -0.0752. The smallest absolute Gasteiger partial charge is 0.254 e. The number of rotatable bonds is 3. The van der Waals surface area contributed by atoms with E-state index in [0.29, 0.717) is 18.7 Å². The summed E-state index contributed by atoms with van der Waals surface area (Å²) in [6.45, 7) is 4.50. The molecule has 3 rings (SSSR count). The first-order valence-electron chi connectivity index (χ1n) is 8.68. The Kier molecular flexibility index (Phi) is 4.97. The zero-order valence-corrected chi connectivity index (χ0v) is 15.1. The van der Waals surface area contributed by atoms with E-state index in [4.69, 9.17) is 4.74 Å². The van der Waals surface area contributed by atoms with E-state index in [2.05, 4.69) is 0 Å². The number of hydrogen-bond acceptors (Lipinski definition) is 4. The van der Waals surface area contributed by atoms with Crippen molar-refractivity contribution >= 4 is 15.7 Å². The maximum absolute atomic E-state index is 12.9. The summed E-state index contributed by atoms with van der Waals surface area (Å²) in [6.07, 6.45) is 4.43. The normalized spacial score (nSPS) is 24.7. The third-order valence-electron chi connectivity index (χ3n) is 5.04. The zero-order chi connectivity index (χ0) is 17.3. The molecule has 2 aliphatic rings. The lowest BCUT2D eigenvalue weighted by atomic mass is 9.89. The van der Waals surface area contributed by atoms with Gasteiger partial charge >= 0.3 is 0 Å². The number of ether oxygens (including phenoxy) is 1. The molecule has 0 spiro atoms. The largest absolute Gasteiger partial charge is 0.374 e. The summed E-state index contributed by atoms with van der Waals surface area (Å²) in [5.41, 5.74) is 0.545. The number of carbonyl (C=O) groups is 1. The molecule has 132 valence electrons. The maximum atomic E-state index is 12.9. The van der Waals surface area contributed by atoms with Gasteiger partial charge in [-0.15, -0.1) is 0 Å². The average molecular weight is 351 g/mol. The van der Waals surface area contributed by atoms with Crippen LogP contribution in [-0.4, -0.2) is 49.8 Å². The fraction of sp³-hybridized carbons (Fsp3) is 0.611. The van der Waals surface area contributed by atoms with Gasteiger partial charge in [0.05, 0.1) is 28.9 Å². The quantitative estimate of drug-likeness (QED) is 0.840. The van der Waals surface area contributed by atoms with E-state index in [0.717, 1.165) is 25.7 Å². The topological polar surface area (TPSA) is 63.7 Å². The Morgan fingerprint density at radius 2 is 1.83 bits per heavy atom. The van der Waals surface area contributed by atoms with Gasteiger partial charge in [-0.25, -0.2) is 8.42 Å². The molecule has 1 aromatic carbocycles. The van der Waals surface area contributed by atoms with Gasteiger partial charge in [0.25, 0.3) is 5.91 Å². The van der Waals surface area contributed by atoms with Crippen LogP contribution in [-0.2, 0) is 14.6 Å². The molecule has 24 heavy (non-hydrogen) atoms. The van der Waals surface area contributed by atoms with Crippen LogP contribution in [0.2, 0.25) is 0 Å². The molecule has 0 aromatic heterocycles. The average Bonchev–Trinajstić information content (AvgIpc) is 2.60. The standard InChI is InChI=1S/C18H25NO4S/c1-13(2)24(21,22)15-9-7-14(8-10-15)18(20)19-11-12-23-17-6-4-3-5-16(17)19/h7-10,13,16-17H,3-6,11-12H2,1-2H3. The van der Waals surface area contributed by atoms with Crippen LogP contribution in [0.1, 0.15) is 49.9 Å². The number of amides is 1. The fourth-order valence-electron chi connectivity index (χ4n) is 3.57. The number of hydrogen-bond donors (Lipinski definition) is 0. The Morgan fingerprint density at radius 3 is 2.50 bits per heavy atom. The highest BCUT2D eigenvalue weighted by atomic mass is 32.2. The number of sulfone groups is 1. The number of carbonyl (C=O) groups excluding carboxylic acids is 1. The van der Waals surface area contributed by atoms with Crippen molar-refractivity contribution in [3.63, 3.8) is 0 Å². The van der Waals surface area contributed by atoms with Gasteiger partial charge in [0, 0.05) is 12.1 Å². The van der Waals surface area contributed by atoms with Gasteiger partial charge in [0.2, 0.25) is 0 Å². The molecule has 2 atom stereocenters. The molecule has 0 radical (unpaired) electrons. The zero-order valence-electron chi connectivity index (χ0n) is 14.3. The molecule has 1 aliphatic heterocycles. The number of morpholine rings is 1. The highest BCUT2D eigenvalue weighted by Gasteiger charge is 2.37. The van der Waals surface area contributed by atoms with Crippen molar-refractivity contribution < 1.29 is 17.9 Å². The van der Waals surface area contributed by atoms with Gasteiger partial charge in [-0.2, -0.15) is 0 Å². The SMILES string of the molecule is CC(C)S(=O)(=O)c1ccc(C(=O)N2CCOC3CCCCC32)cc1. The van der Waals surface area contributed by atoms with Crippen LogP contribution in [0, 0.1) is 0 Å². The Morgan fingerprint density at radius 1 is 1.17 bits per heavy atom. The van der Waals surface area contributed by atoms with Crippen LogP contribution in [0.5, 0.6) is 0 Å². The molecule has 6 heteroatoms. The first-order valence-corrected chi connectivity index (χ1v) is 10.2. The Bertz CT molecular complexity index is 694. The van der Waals surface area contributed by atoms with Crippen molar-refractivity contribution in [3.8, 4) is 0 Å². The van der Waals surface area contributed by atoms with Crippen molar-refractivity contribution in [1.82, 2.24) is 4.90 Å². The van der Waals surface area contributed by atoms with Crippen molar-refractivity contribution in [2.45, 2.75) is 61.8 Å². The Hall–Kier alpha value is -1.40. The molecule has 0 N–H and O–H groups in total. The summed E-state index contributed by atoms with van der Waals surface area (Å²) in [5, 5.41) is -0.471. The van der Waals surface area contributed by atoms with Gasteiger partial charge in [-0.05, 0) is 51.0 Å². The van der Waals surface area contributed by atoms with Gasteiger partial charge < -0.3 is 9.64 Å². The van der Waals surface area contributed by atoms with Crippen LogP contribution in [0.4, 0.5) is 0 Å². The highest BCUT2D eigenvalue weighted by Crippen LogP contribution is 2.29. The minimum atomic E-state index is -3.31. The lowest BCUT2D eigenvalue weighted by Gasteiger charge is -2.43. The van der Waals surface area contributed by atoms with Crippen molar-refractivity contribution in [1.29, 1.82) is 0 Å². The fourth-order valence-corrected chi connectivity index (χ4v) is 4.63. The van der Waals surface area contributed by atoms with E-state index in [1.807, 2.05) is 4.90 Å². The molecule has 1 saturated heterocycles. The maximum Gasteiger partial charge on any atom is 0.254 e. The first-order chi connectivity index (χ1) is 11.4. The van der Waals surface area contributed by atoms with Gasteiger partial charge in [-0.3, -0.25) is 4.79 Å². The summed E-state index contributed by atoms with van der Waals surface area (Å²) in [5.74, 6) is -0.0244.